The van der Waals surface area contributed by atoms with Crippen molar-refractivity contribution in [2.75, 3.05) is 5.32 Å². The minimum atomic E-state index is -0.586. The summed E-state index contributed by atoms with van der Waals surface area (Å²) in [6, 6.07) is 7.94. The SMILES string of the molecule is O=C1CCCC2=NC(Nc3nc4ccccc4o3)=N[C@]3(C=CC=CC3)C12. The molecule has 1 saturated carbocycles. The van der Waals surface area contributed by atoms with E-state index in [1.165, 1.54) is 0 Å². The van der Waals surface area contributed by atoms with Crippen LogP contribution in [0.3, 0.4) is 0 Å². The third-order valence-electron chi connectivity index (χ3n) is 5.16. The Morgan fingerprint density at radius 1 is 1.19 bits per heavy atom. The monoisotopic (exact) mass is 346 g/mol. The molecule has 3 aliphatic rings. The zero-order valence-corrected chi connectivity index (χ0v) is 14.2. The van der Waals surface area contributed by atoms with Gasteiger partial charge in [0, 0.05) is 12.1 Å². The number of rotatable bonds is 1. The fraction of sp³-hybridized carbons (Fsp3) is 0.300. The summed E-state index contributed by atoms with van der Waals surface area (Å²) in [7, 11) is 0. The van der Waals surface area contributed by atoms with Crippen LogP contribution in [0.15, 0.2) is 63.0 Å². The number of nitrogens with zero attached hydrogens (tertiary/aromatic N) is 3. The third kappa shape index (κ3) is 2.41. The van der Waals surface area contributed by atoms with Gasteiger partial charge in [-0.15, -0.1) is 0 Å². The van der Waals surface area contributed by atoms with E-state index in [-0.39, 0.29) is 11.7 Å². The number of hydrogen-bond acceptors (Lipinski definition) is 6. The summed E-state index contributed by atoms with van der Waals surface area (Å²) >= 11 is 0. The maximum Gasteiger partial charge on any atom is 0.302 e. The quantitative estimate of drug-likeness (QED) is 0.854. The van der Waals surface area contributed by atoms with E-state index in [0.717, 1.165) is 24.1 Å². The van der Waals surface area contributed by atoms with E-state index in [0.29, 0.717) is 30.4 Å². The van der Waals surface area contributed by atoms with Crippen molar-refractivity contribution in [3.05, 3.63) is 48.6 Å². The van der Waals surface area contributed by atoms with E-state index < -0.39 is 5.54 Å². The van der Waals surface area contributed by atoms with Crippen molar-refractivity contribution in [3.8, 4) is 0 Å². The van der Waals surface area contributed by atoms with E-state index in [9.17, 15) is 4.79 Å². The van der Waals surface area contributed by atoms with Gasteiger partial charge in [-0.25, -0.2) is 9.98 Å². The summed E-state index contributed by atoms with van der Waals surface area (Å²) in [5.74, 6) is 0.434. The Balaban J connectivity index is 1.54. The summed E-state index contributed by atoms with van der Waals surface area (Å²) in [6.45, 7) is 0. The molecule has 1 fully saturated rings. The molecule has 26 heavy (non-hydrogen) atoms. The topological polar surface area (TPSA) is 79.9 Å². The van der Waals surface area contributed by atoms with Crippen LogP contribution in [0.5, 0.6) is 0 Å². The third-order valence-corrected chi connectivity index (χ3v) is 5.16. The highest BCUT2D eigenvalue weighted by Crippen LogP contribution is 2.39. The molecular formula is C20H18N4O2. The number of Topliss-reactive ketones (excluding diaryl/α,β-unsaturated/α-hetero) is 1. The van der Waals surface area contributed by atoms with Crippen LogP contribution in [0.4, 0.5) is 6.01 Å². The van der Waals surface area contributed by atoms with E-state index in [4.69, 9.17) is 9.41 Å². The first-order valence-corrected chi connectivity index (χ1v) is 8.90. The predicted octanol–water partition coefficient (Wildman–Crippen LogP) is 3.67. The lowest BCUT2D eigenvalue weighted by Crippen LogP contribution is -2.50. The molecule has 2 heterocycles. The number of guanidine groups is 1. The van der Waals surface area contributed by atoms with Crippen molar-refractivity contribution in [1.82, 2.24) is 4.98 Å². The molecule has 1 aromatic carbocycles. The molecule has 0 radical (unpaired) electrons. The van der Waals surface area contributed by atoms with E-state index >= 15 is 0 Å². The number of para-hydroxylation sites is 2. The number of allylic oxidation sites excluding steroid dienone is 2. The first-order chi connectivity index (χ1) is 12.7. The van der Waals surface area contributed by atoms with Crippen LogP contribution in [0.25, 0.3) is 11.1 Å². The molecule has 130 valence electrons. The fourth-order valence-corrected chi connectivity index (χ4v) is 4.03. The predicted molar refractivity (Wildman–Crippen MR) is 100 cm³/mol. The van der Waals surface area contributed by atoms with Gasteiger partial charge < -0.3 is 4.42 Å². The van der Waals surface area contributed by atoms with Crippen molar-refractivity contribution in [2.45, 2.75) is 31.2 Å². The minimum absolute atomic E-state index is 0.236. The smallest absolute Gasteiger partial charge is 0.302 e. The number of aromatic nitrogens is 1. The Bertz CT molecular complexity index is 981. The second kappa shape index (κ2) is 5.76. The van der Waals surface area contributed by atoms with Crippen molar-refractivity contribution in [2.24, 2.45) is 15.9 Å². The molecule has 2 aliphatic carbocycles. The zero-order valence-electron chi connectivity index (χ0n) is 14.2. The number of hydrogen-bond donors (Lipinski definition) is 1. The average Bonchev–Trinajstić information content (AvgIpc) is 3.04. The number of nitrogens with one attached hydrogen (secondary N) is 1. The minimum Gasteiger partial charge on any atom is -0.423 e. The summed E-state index contributed by atoms with van der Waals surface area (Å²) < 4.78 is 5.73. The molecule has 1 N–H and O–H groups in total. The molecular weight excluding hydrogens is 328 g/mol. The standard InChI is InChI=1S/C20H18N4O2/c25-15-9-6-8-14-17(15)20(11-4-1-5-12-20)24-18(21-14)23-19-22-13-7-2-3-10-16(13)26-19/h1-5,7,10-11,17H,6,8-9,12H2,(H,22,23,24)/t17?,20-/m0/s1. The van der Waals surface area contributed by atoms with Crippen LogP contribution in [0.1, 0.15) is 25.7 Å². The summed E-state index contributed by atoms with van der Waals surface area (Å²) in [5, 5.41) is 3.11. The molecule has 0 saturated heterocycles. The highest BCUT2D eigenvalue weighted by atomic mass is 16.4. The Hall–Kier alpha value is -3.02. The molecule has 0 amide bonds. The number of aliphatic imine (C=N–C) groups is 2. The van der Waals surface area contributed by atoms with Crippen LogP contribution < -0.4 is 5.32 Å². The molecule has 2 aromatic rings. The lowest BCUT2D eigenvalue weighted by atomic mass is 9.69. The van der Waals surface area contributed by atoms with Gasteiger partial charge in [-0.2, -0.15) is 4.98 Å². The normalized spacial score (nSPS) is 27.4. The largest absolute Gasteiger partial charge is 0.423 e. The highest BCUT2D eigenvalue weighted by Gasteiger charge is 2.47. The van der Waals surface area contributed by atoms with Gasteiger partial charge in [0.15, 0.2) is 5.58 Å². The number of oxazole rings is 1. The lowest BCUT2D eigenvalue weighted by molar-refractivity contribution is -0.122. The van der Waals surface area contributed by atoms with Gasteiger partial charge in [-0.1, -0.05) is 36.4 Å². The van der Waals surface area contributed by atoms with Gasteiger partial charge >= 0.3 is 6.01 Å². The first-order valence-electron chi connectivity index (χ1n) is 8.90. The number of benzene rings is 1. The number of carbonyl (C=O) groups is 1. The fourth-order valence-electron chi connectivity index (χ4n) is 4.03. The van der Waals surface area contributed by atoms with Crippen LogP contribution >= 0.6 is 0 Å². The van der Waals surface area contributed by atoms with Crippen LogP contribution in [-0.2, 0) is 4.79 Å². The highest BCUT2D eigenvalue weighted by molar-refractivity contribution is 6.15. The van der Waals surface area contributed by atoms with E-state index in [1.54, 1.807) is 0 Å². The maximum absolute atomic E-state index is 12.6. The molecule has 1 spiro atoms. The Labute approximate surface area is 150 Å². The lowest BCUT2D eigenvalue weighted by Gasteiger charge is -2.40. The van der Waals surface area contributed by atoms with Gasteiger partial charge in [-0.05, 0) is 31.4 Å². The second-order valence-corrected chi connectivity index (χ2v) is 6.89. The summed E-state index contributed by atoms with van der Waals surface area (Å²) in [5.41, 5.74) is 1.81. The average molecular weight is 346 g/mol. The summed E-state index contributed by atoms with van der Waals surface area (Å²) in [6.07, 6.45) is 11.0. The van der Waals surface area contributed by atoms with Gasteiger partial charge in [0.1, 0.15) is 16.8 Å². The van der Waals surface area contributed by atoms with Gasteiger partial charge in [-0.3, -0.25) is 10.1 Å². The number of carbonyl (C=O) groups excluding carboxylic acids is 1. The molecule has 1 aromatic heterocycles. The molecule has 6 heteroatoms. The number of anilines is 1. The second-order valence-electron chi connectivity index (χ2n) is 6.89. The first kappa shape index (κ1) is 15.3. The van der Waals surface area contributed by atoms with Crippen molar-refractivity contribution in [1.29, 1.82) is 0 Å². The van der Waals surface area contributed by atoms with Crippen LogP contribution in [0.2, 0.25) is 0 Å². The number of ketones is 1. The van der Waals surface area contributed by atoms with Gasteiger partial charge in [0.05, 0.1) is 5.92 Å². The molecule has 5 rings (SSSR count). The van der Waals surface area contributed by atoms with Crippen LogP contribution in [-0.4, -0.2) is 28.0 Å². The number of fused-ring (bicyclic) bond motifs is 3. The zero-order chi connectivity index (χ0) is 17.6. The Kier molecular flexibility index (Phi) is 3.38. The summed E-state index contributed by atoms with van der Waals surface area (Å²) in [4.78, 5) is 26.5. The van der Waals surface area contributed by atoms with Crippen molar-refractivity contribution >= 4 is 34.6 Å². The van der Waals surface area contributed by atoms with Gasteiger partial charge in [0.25, 0.3) is 0 Å². The molecule has 6 nitrogen and oxygen atoms in total. The van der Waals surface area contributed by atoms with Crippen molar-refractivity contribution in [3.63, 3.8) is 0 Å². The molecule has 2 atom stereocenters. The molecule has 0 bridgehead atoms. The van der Waals surface area contributed by atoms with E-state index in [1.807, 2.05) is 42.5 Å². The Morgan fingerprint density at radius 3 is 2.96 bits per heavy atom. The van der Waals surface area contributed by atoms with Crippen LogP contribution in [0, 0.1) is 5.92 Å². The van der Waals surface area contributed by atoms with Gasteiger partial charge in [0.2, 0.25) is 5.96 Å². The Morgan fingerprint density at radius 2 is 2.12 bits per heavy atom. The van der Waals surface area contributed by atoms with E-state index in [2.05, 4.69) is 21.4 Å². The molecule has 1 unspecified atom stereocenters. The molecule has 1 aliphatic heterocycles. The van der Waals surface area contributed by atoms with Crippen molar-refractivity contribution < 1.29 is 9.21 Å². The maximum atomic E-state index is 12.6.